The zero-order valence-electron chi connectivity index (χ0n) is 13.5. The molecular weight excluding hydrogens is 373 g/mol. The lowest BCUT2D eigenvalue weighted by molar-refractivity contribution is -0.173. The van der Waals surface area contributed by atoms with Crippen molar-refractivity contribution < 1.29 is 27.5 Å². The number of ether oxygens (including phenoxy) is 1. The Balaban J connectivity index is 2.02. The summed E-state index contributed by atoms with van der Waals surface area (Å²) >= 11 is 5.88. The number of methoxy groups -OCH3 is 1. The molecule has 2 amide bonds. The first-order chi connectivity index (χ1) is 12.2. The summed E-state index contributed by atoms with van der Waals surface area (Å²) in [5.41, 5.74) is 1.10. The summed E-state index contributed by atoms with van der Waals surface area (Å²) in [6, 6.07) is 10.6. The van der Waals surface area contributed by atoms with E-state index in [4.69, 9.17) is 16.3 Å². The average molecular weight is 387 g/mol. The summed E-state index contributed by atoms with van der Waals surface area (Å²) < 4.78 is 41.5. The number of rotatable bonds is 5. The summed E-state index contributed by atoms with van der Waals surface area (Å²) in [5.74, 6) is -2.12. The van der Waals surface area contributed by atoms with Crippen molar-refractivity contribution >= 4 is 29.1 Å². The Labute approximate surface area is 152 Å². The van der Waals surface area contributed by atoms with Gasteiger partial charge in [-0.15, -0.1) is 0 Å². The first-order valence-corrected chi connectivity index (χ1v) is 7.67. The minimum Gasteiger partial charge on any atom is -0.496 e. The van der Waals surface area contributed by atoms with Crippen LogP contribution in [0.4, 0.5) is 18.9 Å². The minimum atomic E-state index is -4.93. The van der Waals surface area contributed by atoms with E-state index in [9.17, 15) is 22.8 Å². The fourth-order valence-corrected chi connectivity index (χ4v) is 2.22. The summed E-state index contributed by atoms with van der Waals surface area (Å²) in [5, 5.41) is 4.76. The van der Waals surface area contributed by atoms with Gasteiger partial charge in [0.2, 0.25) is 0 Å². The third kappa shape index (κ3) is 5.13. The molecule has 2 aromatic rings. The smallest absolute Gasteiger partial charge is 0.471 e. The first kappa shape index (κ1) is 19.6. The summed E-state index contributed by atoms with van der Waals surface area (Å²) in [6.45, 7) is -0.283. The molecule has 0 heterocycles. The van der Waals surface area contributed by atoms with E-state index >= 15 is 0 Å². The van der Waals surface area contributed by atoms with Crippen LogP contribution in [0.15, 0.2) is 42.5 Å². The molecule has 0 aliphatic carbocycles. The number of benzene rings is 2. The Morgan fingerprint density at radius 3 is 2.35 bits per heavy atom. The Kier molecular flexibility index (Phi) is 6.10. The van der Waals surface area contributed by atoms with E-state index in [0.717, 1.165) is 0 Å². The summed E-state index contributed by atoms with van der Waals surface area (Å²) in [4.78, 5) is 23.1. The fraction of sp³-hybridized carbons (Fsp3) is 0.176. The van der Waals surface area contributed by atoms with Crippen LogP contribution in [0, 0.1) is 0 Å². The monoisotopic (exact) mass is 386 g/mol. The second-order valence-corrected chi connectivity index (χ2v) is 5.61. The Hall–Kier alpha value is -2.74. The number of nitrogens with one attached hydrogen (secondary N) is 2. The molecule has 0 aliphatic heterocycles. The molecule has 0 aliphatic rings. The molecule has 0 bridgehead atoms. The van der Waals surface area contributed by atoms with Crippen molar-refractivity contribution in [3.05, 3.63) is 58.6 Å². The highest BCUT2D eigenvalue weighted by Gasteiger charge is 2.38. The van der Waals surface area contributed by atoms with Crippen molar-refractivity contribution in [3.8, 4) is 5.75 Å². The van der Waals surface area contributed by atoms with E-state index in [1.807, 2.05) is 0 Å². The minimum absolute atomic E-state index is 0.238. The predicted octanol–water partition coefficient (Wildman–Crippen LogP) is 3.78. The SMILES string of the molecule is COc1ccc(Cl)cc1C(=O)Nc1ccc(CNC(=O)C(F)(F)F)cc1. The van der Waals surface area contributed by atoms with Gasteiger partial charge in [-0.2, -0.15) is 13.2 Å². The molecule has 0 saturated heterocycles. The van der Waals surface area contributed by atoms with Gasteiger partial charge >= 0.3 is 12.1 Å². The number of hydrogen-bond donors (Lipinski definition) is 2. The lowest BCUT2D eigenvalue weighted by Gasteiger charge is -2.11. The molecule has 0 radical (unpaired) electrons. The van der Waals surface area contributed by atoms with Gasteiger partial charge in [0, 0.05) is 17.3 Å². The number of alkyl halides is 3. The molecule has 9 heteroatoms. The van der Waals surface area contributed by atoms with E-state index < -0.39 is 18.0 Å². The van der Waals surface area contributed by atoms with Gasteiger partial charge in [-0.1, -0.05) is 23.7 Å². The number of amides is 2. The highest BCUT2D eigenvalue weighted by Crippen LogP contribution is 2.24. The van der Waals surface area contributed by atoms with Crippen LogP contribution in [0.25, 0.3) is 0 Å². The van der Waals surface area contributed by atoms with Crippen LogP contribution in [0.1, 0.15) is 15.9 Å². The normalized spacial score (nSPS) is 11.0. The highest BCUT2D eigenvalue weighted by atomic mass is 35.5. The van der Waals surface area contributed by atoms with Crippen molar-refractivity contribution in [2.45, 2.75) is 12.7 Å². The van der Waals surface area contributed by atoms with E-state index in [2.05, 4.69) is 5.32 Å². The molecule has 0 saturated carbocycles. The van der Waals surface area contributed by atoms with E-state index in [1.165, 1.54) is 37.4 Å². The van der Waals surface area contributed by atoms with Crippen molar-refractivity contribution in [2.75, 3.05) is 12.4 Å². The second kappa shape index (κ2) is 8.09. The van der Waals surface area contributed by atoms with E-state index in [1.54, 1.807) is 17.4 Å². The topological polar surface area (TPSA) is 67.4 Å². The maximum absolute atomic E-state index is 12.3. The van der Waals surface area contributed by atoms with Gasteiger partial charge in [-0.25, -0.2) is 0 Å². The maximum atomic E-state index is 12.3. The van der Waals surface area contributed by atoms with Crippen LogP contribution in [0.2, 0.25) is 5.02 Å². The van der Waals surface area contributed by atoms with Gasteiger partial charge in [-0.3, -0.25) is 9.59 Å². The Morgan fingerprint density at radius 2 is 1.77 bits per heavy atom. The lowest BCUT2D eigenvalue weighted by atomic mass is 10.1. The van der Waals surface area contributed by atoms with Gasteiger partial charge in [0.25, 0.3) is 5.91 Å². The first-order valence-electron chi connectivity index (χ1n) is 7.29. The molecule has 0 atom stereocenters. The Bertz CT molecular complexity index is 808. The molecule has 5 nitrogen and oxygen atoms in total. The zero-order chi connectivity index (χ0) is 19.3. The molecule has 2 rings (SSSR count). The molecule has 2 aromatic carbocycles. The van der Waals surface area contributed by atoms with Crippen LogP contribution in [-0.2, 0) is 11.3 Å². The molecule has 138 valence electrons. The quantitative estimate of drug-likeness (QED) is 0.821. The molecular formula is C17H14ClF3N2O3. The van der Waals surface area contributed by atoms with Crippen molar-refractivity contribution in [1.82, 2.24) is 5.32 Å². The summed E-state index contributed by atoms with van der Waals surface area (Å²) in [6.07, 6.45) is -4.93. The molecule has 0 unspecified atom stereocenters. The number of carbonyl (C=O) groups excluding carboxylic acids is 2. The Morgan fingerprint density at radius 1 is 1.12 bits per heavy atom. The van der Waals surface area contributed by atoms with Crippen molar-refractivity contribution in [3.63, 3.8) is 0 Å². The highest BCUT2D eigenvalue weighted by molar-refractivity contribution is 6.31. The number of hydrogen-bond acceptors (Lipinski definition) is 3. The largest absolute Gasteiger partial charge is 0.496 e. The third-order valence-corrected chi connectivity index (χ3v) is 3.56. The maximum Gasteiger partial charge on any atom is 0.471 e. The van der Waals surface area contributed by atoms with Gasteiger partial charge < -0.3 is 15.4 Å². The van der Waals surface area contributed by atoms with Gasteiger partial charge in [0.1, 0.15) is 5.75 Å². The number of anilines is 1. The van der Waals surface area contributed by atoms with E-state index in [0.29, 0.717) is 22.0 Å². The van der Waals surface area contributed by atoms with E-state index in [-0.39, 0.29) is 12.1 Å². The second-order valence-electron chi connectivity index (χ2n) is 5.18. The zero-order valence-corrected chi connectivity index (χ0v) is 14.2. The molecule has 0 spiro atoms. The van der Waals surface area contributed by atoms with Crippen molar-refractivity contribution in [2.24, 2.45) is 0 Å². The number of carbonyl (C=O) groups is 2. The van der Waals surface area contributed by atoms with Crippen LogP contribution >= 0.6 is 11.6 Å². The van der Waals surface area contributed by atoms with Crippen LogP contribution < -0.4 is 15.4 Å². The third-order valence-electron chi connectivity index (χ3n) is 3.33. The number of halogens is 4. The van der Waals surface area contributed by atoms with Crippen molar-refractivity contribution in [1.29, 1.82) is 0 Å². The lowest BCUT2D eigenvalue weighted by Crippen LogP contribution is -2.36. The fourth-order valence-electron chi connectivity index (χ4n) is 2.04. The molecule has 0 aromatic heterocycles. The molecule has 0 fully saturated rings. The summed E-state index contributed by atoms with van der Waals surface area (Å²) in [7, 11) is 1.42. The molecule has 2 N–H and O–H groups in total. The average Bonchev–Trinajstić information content (AvgIpc) is 2.60. The van der Waals surface area contributed by atoms with Crippen LogP contribution in [0.3, 0.4) is 0 Å². The van der Waals surface area contributed by atoms with Crippen LogP contribution in [0.5, 0.6) is 5.75 Å². The standard InChI is InChI=1S/C17H14ClF3N2O3/c1-26-14-7-4-11(18)8-13(14)15(24)23-12-5-2-10(3-6-12)9-22-16(25)17(19,20)21/h2-8H,9H2,1H3,(H,22,25)(H,23,24). The molecule has 26 heavy (non-hydrogen) atoms. The van der Waals surface area contributed by atoms with Crippen LogP contribution in [-0.4, -0.2) is 25.1 Å². The van der Waals surface area contributed by atoms with Gasteiger partial charge in [0.05, 0.1) is 12.7 Å². The predicted molar refractivity (Wildman–Crippen MR) is 90.3 cm³/mol. The van der Waals surface area contributed by atoms with Gasteiger partial charge in [0.15, 0.2) is 0 Å². The van der Waals surface area contributed by atoms with Gasteiger partial charge in [-0.05, 0) is 35.9 Å².